The zero-order valence-electron chi connectivity index (χ0n) is 6.14. The molecule has 68 valence electrons. The summed E-state index contributed by atoms with van der Waals surface area (Å²) in [6.07, 6.45) is -4.56. The average Bonchev–Trinajstić information content (AvgIpc) is 2.29. The predicted molar refractivity (Wildman–Crippen MR) is 32.5 cm³/mol. The van der Waals surface area contributed by atoms with E-state index in [0.29, 0.717) is 0 Å². The summed E-state index contributed by atoms with van der Waals surface area (Å²) in [5.74, 6) is -1.45. The Balaban J connectivity index is 3.19. The third-order valence-corrected chi connectivity index (χ3v) is 1.35. The number of alkyl halides is 3. The highest BCUT2D eigenvalue weighted by Crippen LogP contribution is 2.37. The van der Waals surface area contributed by atoms with Crippen LogP contribution in [-0.2, 0) is 12.6 Å². The molecular weight excluding hydrogens is 175 g/mol. The maximum Gasteiger partial charge on any atom is 0.425 e. The monoisotopic (exact) mass is 181 g/mol. The van der Waals surface area contributed by atoms with Crippen LogP contribution < -0.4 is 0 Å². The molecule has 1 aromatic heterocycles. The van der Waals surface area contributed by atoms with Gasteiger partial charge >= 0.3 is 6.18 Å². The molecule has 1 aromatic rings. The van der Waals surface area contributed by atoms with Crippen molar-refractivity contribution in [1.82, 2.24) is 5.16 Å². The van der Waals surface area contributed by atoms with E-state index in [-0.39, 0.29) is 12.2 Å². The lowest BCUT2D eigenvalue weighted by molar-refractivity contribution is -0.139. The number of hydrogen-bond acceptors (Lipinski definition) is 3. The van der Waals surface area contributed by atoms with Crippen molar-refractivity contribution in [1.29, 1.82) is 0 Å². The van der Waals surface area contributed by atoms with Crippen LogP contribution in [0.15, 0.2) is 4.52 Å². The summed E-state index contributed by atoms with van der Waals surface area (Å²) >= 11 is 0. The van der Waals surface area contributed by atoms with Crippen LogP contribution in [0, 0.1) is 0 Å². The van der Waals surface area contributed by atoms with Crippen LogP contribution in [0.2, 0.25) is 0 Å². The van der Waals surface area contributed by atoms with Gasteiger partial charge in [-0.25, -0.2) is 0 Å². The van der Waals surface area contributed by atoms with Crippen molar-refractivity contribution in [3.8, 4) is 5.88 Å². The molecule has 0 fully saturated rings. The Hall–Kier alpha value is -1.20. The fraction of sp³-hybridized carbons (Fsp3) is 0.500. The van der Waals surface area contributed by atoms with Gasteiger partial charge in [-0.1, -0.05) is 6.92 Å². The highest BCUT2D eigenvalue weighted by atomic mass is 19.4. The van der Waals surface area contributed by atoms with Crippen LogP contribution >= 0.6 is 0 Å². The fourth-order valence-corrected chi connectivity index (χ4v) is 0.841. The second kappa shape index (κ2) is 2.69. The highest BCUT2D eigenvalue weighted by Gasteiger charge is 2.40. The van der Waals surface area contributed by atoms with Gasteiger partial charge in [0, 0.05) is 6.42 Å². The average molecular weight is 181 g/mol. The van der Waals surface area contributed by atoms with Gasteiger partial charge in [-0.15, -0.1) is 0 Å². The van der Waals surface area contributed by atoms with Crippen LogP contribution in [-0.4, -0.2) is 10.3 Å². The van der Waals surface area contributed by atoms with Gasteiger partial charge in [0.2, 0.25) is 0 Å². The number of aryl methyl sites for hydroxylation is 1. The molecule has 3 nitrogen and oxygen atoms in total. The Morgan fingerprint density at radius 3 is 2.42 bits per heavy atom. The van der Waals surface area contributed by atoms with Gasteiger partial charge < -0.3 is 9.63 Å². The molecule has 0 spiro atoms. The van der Waals surface area contributed by atoms with E-state index >= 15 is 0 Å². The molecule has 0 atom stereocenters. The smallest absolute Gasteiger partial charge is 0.425 e. The van der Waals surface area contributed by atoms with Gasteiger partial charge in [-0.05, 0) is 5.16 Å². The van der Waals surface area contributed by atoms with Crippen molar-refractivity contribution in [2.45, 2.75) is 19.5 Å². The number of hydrogen-bond donors (Lipinski definition) is 1. The lowest BCUT2D eigenvalue weighted by atomic mass is 10.2. The molecule has 0 unspecified atom stereocenters. The number of halogens is 3. The van der Waals surface area contributed by atoms with Crippen LogP contribution in [0.3, 0.4) is 0 Å². The molecule has 0 aliphatic rings. The summed E-state index contributed by atoms with van der Waals surface area (Å²) < 4.78 is 40.5. The second-order valence-corrected chi connectivity index (χ2v) is 2.16. The SMILES string of the molecule is CCc1onc(O)c1C(F)(F)F. The molecule has 6 heteroatoms. The normalized spacial score (nSPS) is 12.0. The Morgan fingerprint density at radius 2 is 2.08 bits per heavy atom. The number of nitrogens with zero attached hydrogens (tertiary/aromatic N) is 1. The first-order valence-corrected chi connectivity index (χ1v) is 3.21. The standard InChI is InChI=1S/C6H6F3NO2/c1-2-3-4(6(7,8)9)5(11)10-12-3/h2H2,1H3,(H,10,11). The van der Waals surface area contributed by atoms with Crippen molar-refractivity contribution < 1.29 is 22.8 Å². The molecule has 0 bridgehead atoms. The van der Waals surface area contributed by atoms with Gasteiger partial charge in [0.1, 0.15) is 0 Å². The van der Waals surface area contributed by atoms with Crippen molar-refractivity contribution in [2.75, 3.05) is 0 Å². The molecule has 0 aromatic carbocycles. The van der Waals surface area contributed by atoms with Crippen LogP contribution in [0.1, 0.15) is 18.2 Å². The zero-order valence-corrected chi connectivity index (χ0v) is 6.14. The molecule has 0 amide bonds. The van der Waals surface area contributed by atoms with Gasteiger partial charge in [0.25, 0.3) is 5.88 Å². The summed E-state index contributed by atoms with van der Waals surface area (Å²) in [6, 6.07) is 0. The Morgan fingerprint density at radius 1 is 1.50 bits per heavy atom. The maximum atomic E-state index is 12.1. The highest BCUT2D eigenvalue weighted by molar-refractivity contribution is 5.29. The van der Waals surface area contributed by atoms with E-state index in [2.05, 4.69) is 9.68 Å². The summed E-state index contributed by atoms with van der Waals surface area (Å²) in [6.45, 7) is 1.48. The van der Waals surface area contributed by atoms with E-state index in [4.69, 9.17) is 5.11 Å². The second-order valence-electron chi connectivity index (χ2n) is 2.16. The molecule has 1 N–H and O–H groups in total. The molecule has 12 heavy (non-hydrogen) atoms. The van der Waals surface area contributed by atoms with Gasteiger partial charge in [0.05, 0.1) is 0 Å². The van der Waals surface area contributed by atoms with Crippen molar-refractivity contribution >= 4 is 0 Å². The number of aromatic nitrogens is 1. The first-order valence-electron chi connectivity index (χ1n) is 3.21. The van der Waals surface area contributed by atoms with Crippen LogP contribution in [0.25, 0.3) is 0 Å². The lowest BCUT2D eigenvalue weighted by Gasteiger charge is -2.03. The zero-order chi connectivity index (χ0) is 9.35. The molecule has 0 saturated heterocycles. The fourth-order valence-electron chi connectivity index (χ4n) is 0.841. The summed E-state index contributed by atoms with van der Waals surface area (Å²) in [5, 5.41) is 11.5. The Kier molecular flexibility index (Phi) is 1.99. The molecule has 0 saturated carbocycles. The van der Waals surface area contributed by atoms with Crippen molar-refractivity contribution in [3.63, 3.8) is 0 Å². The van der Waals surface area contributed by atoms with Crippen LogP contribution in [0.5, 0.6) is 5.88 Å². The molecule has 0 radical (unpaired) electrons. The van der Waals surface area contributed by atoms with Gasteiger partial charge in [-0.3, -0.25) is 0 Å². The largest absolute Gasteiger partial charge is 0.491 e. The van der Waals surface area contributed by atoms with Gasteiger partial charge in [0.15, 0.2) is 11.3 Å². The summed E-state index contributed by atoms with van der Waals surface area (Å²) in [4.78, 5) is 0. The van der Waals surface area contributed by atoms with Crippen molar-refractivity contribution in [3.05, 3.63) is 11.3 Å². The molecular formula is C6H6F3NO2. The first-order chi connectivity index (χ1) is 5.46. The van der Waals surface area contributed by atoms with E-state index in [9.17, 15) is 13.2 Å². The third-order valence-electron chi connectivity index (χ3n) is 1.35. The predicted octanol–water partition coefficient (Wildman–Crippen LogP) is 1.96. The van der Waals surface area contributed by atoms with E-state index < -0.39 is 17.6 Å². The first kappa shape index (κ1) is 8.89. The minimum absolute atomic E-state index is 0.0441. The number of rotatable bonds is 1. The van der Waals surface area contributed by atoms with Crippen LogP contribution in [0.4, 0.5) is 13.2 Å². The molecule has 0 aliphatic heterocycles. The van der Waals surface area contributed by atoms with E-state index in [0.717, 1.165) is 0 Å². The topological polar surface area (TPSA) is 46.3 Å². The minimum Gasteiger partial charge on any atom is -0.491 e. The Bertz CT molecular complexity index is 279. The lowest BCUT2D eigenvalue weighted by Crippen LogP contribution is -2.06. The maximum absolute atomic E-state index is 12.1. The van der Waals surface area contributed by atoms with Crippen molar-refractivity contribution in [2.24, 2.45) is 0 Å². The Labute approximate surface area is 65.8 Å². The van der Waals surface area contributed by atoms with E-state index in [1.165, 1.54) is 6.92 Å². The third kappa shape index (κ3) is 1.37. The minimum atomic E-state index is -4.60. The summed E-state index contributed by atoms with van der Waals surface area (Å²) in [5.41, 5.74) is -1.18. The van der Waals surface area contributed by atoms with Gasteiger partial charge in [-0.2, -0.15) is 13.2 Å². The summed E-state index contributed by atoms with van der Waals surface area (Å²) in [7, 11) is 0. The molecule has 1 heterocycles. The van der Waals surface area contributed by atoms with E-state index in [1.54, 1.807) is 0 Å². The quantitative estimate of drug-likeness (QED) is 0.720. The molecule has 1 rings (SSSR count). The molecule has 0 aliphatic carbocycles. The van der Waals surface area contributed by atoms with E-state index in [1.807, 2.05) is 0 Å². The number of aromatic hydroxyl groups is 1.